The first-order valence-electron chi connectivity index (χ1n) is 7.25. The molecule has 0 amide bonds. The van der Waals surface area contributed by atoms with Gasteiger partial charge in [0.15, 0.2) is 5.65 Å². The highest BCUT2D eigenvalue weighted by Gasteiger charge is 2.12. The van der Waals surface area contributed by atoms with Crippen molar-refractivity contribution in [2.24, 2.45) is 12.1 Å². The highest BCUT2D eigenvalue weighted by atomic mass is 79.9. The number of aryl methyl sites for hydroxylation is 2. The number of anilines is 1. The van der Waals surface area contributed by atoms with Gasteiger partial charge in [-0.3, -0.25) is 0 Å². The Kier molecular flexibility index (Phi) is 3.78. The summed E-state index contributed by atoms with van der Waals surface area (Å²) in [6.45, 7) is 2.05. The Balaban J connectivity index is 1.71. The van der Waals surface area contributed by atoms with E-state index >= 15 is 0 Å². The van der Waals surface area contributed by atoms with Crippen LogP contribution in [0.1, 0.15) is 10.4 Å². The summed E-state index contributed by atoms with van der Waals surface area (Å²) in [6.07, 6.45) is 1.77. The van der Waals surface area contributed by atoms with E-state index in [2.05, 4.69) is 54.6 Å². The summed E-state index contributed by atoms with van der Waals surface area (Å²) in [5.41, 5.74) is 6.65. The fourth-order valence-electron chi connectivity index (χ4n) is 2.54. The average molecular weight is 401 g/mol. The second-order valence-electron chi connectivity index (χ2n) is 5.37. The van der Waals surface area contributed by atoms with E-state index in [0.717, 1.165) is 31.4 Å². The molecular weight excluding hydrogens is 388 g/mol. The van der Waals surface area contributed by atoms with Crippen molar-refractivity contribution in [2.75, 3.05) is 5.43 Å². The van der Waals surface area contributed by atoms with Crippen molar-refractivity contribution >= 4 is 61.5 Å². The van der Waals surface area contributed by atoms with E-state index in [1.54, 1.807) is 17.6 Å². The molecule has 0 aliphatic rings. The summed E-state index contributed by atoms with van der Waals surface area (Å²) in [4.78, 5) is 5.64. The molecule has 0 saturated carbocycles. The highest BCUT2D eigenvalue weighted by Crippen LogP contribution is 2.28. The first-order chi connectivity index (χ1) is 11.6. The zero-order valence-corrected chi connectivity index (χ0v) is 15.4. The molecule has 0 radical (unpaired) electrons. The van der Waals surface area contributed by atoms with Crippen molar-refractivity contribution < 1.29 is 0 Å². The predicted octanol–water partition coefficient (Wildman–Crippen LogP) is 4.09. The number of aromatic nitrogens is 4. The standard InChI is InChI=1S/C16H13BrN6S/c1-9-5-6-24-13(9)8-18-21-16-19-15-14(20-22-16)11-7-10(17)3-4-12(11)23(15)2/h3-8H,1-2H3,(H,19,21,22)/b18-8+. The van der Waals surface area contributed by atoms with Crippen LogP contribution in [-0.2, 0) is 7.05 Å². The summed E-state index contributed by atoms with van der Waals surface area (Å²) in [5, 5.41) is 15.7. The van der Waals surface area contributed by atoms with E-state index in [1.807, 2.05) is 35.2 Å². The van der Waals surface area contributed by atoms with Gasteiger partial charge in [-0.15, -0.1) is 21.5 Å². The van der Waals surface area contributed by atoms with Gasteiger partial charge in [-0.05, 0) is 42.1 Å². The fourth-order valence-corrected chi connectivity index (χ4v) is 3.69. The van der Waals surface area contributed by atoms with Gasteiger partial charge in [-0.2, -0.15) is 10.1 Å². The average Bonchev–Trinajstić information content (AvgIpc) is 3.10. The van der Waals surface area contributed by atoms with Gasteiger partial charge < -0.3 is 4.57 Å². The molecule has 6 nitrogen and oxygen atoms in total. The number of hydrogen-bond acceptors (Lipinski definition) is 6. The third kappa shape index (κ3) is 2.57. The summed E-state index contributed by atoms with van der Waals surface area (Å²) >= 11 is 5.13. The Morgan fingerprint density at radius 2 is 2.17 bits per heavy atom. The lowest BCUT2D eigenvalue weighted by Gasteiger charge is -1.99. The predicted molar refractivity (Wildman–Crippen MR) is 102 cm³/mol. The van der Waals surface area contributed by atoms with Crippen LogP contribution in [0.25, 0.3) is 22.1 Å². The summed E-state index contributed by atoms with van der Waals surface area (Å²) in [7, 11) is 1.97. The molecule has 0 spiro atoms. The SMILES string of the molecule is Cc1ccsc1/C=N/Nc1nnc2c3cc(Br)ccc3n(C)c2n1. The maximum Gasteiger partial charge on any atom is 0.265 e. The van der Waals surface area contributed by atoms with E-state index in [-0.39, 0.29) is 0 Å². The maximum atomic E-state index is 4.54. The fraction of sp³-hybridized carbons (Fsp3) is 0.125. The van der Waals surface area contributed by atoms with Crippen molar-refractivity contribution in [3.05, 3.63) is 44.6 Å². The number of rotatable bonds is 3. The molecule has 0 atom stereocenters. The number of benzene rings is 1. The van der Waals surface area contributed by atoms with Crippen LogP contribution in [0.15, 0.2) is 39.2 Å². The van der Waals surface area contributed by atoms with Crippen LogP contribution < -0.4 is 5.43 Å². The third-order valence-electron chi connectivity index (χ3n) is 3.81. The van der Waals surface area contributed by atoms with E-state index in [1.165, 1.54) is 5.56 Å². The van der Waals surface area contributed by atoms with Crippen LogP contribution in [0.2, 0.25) is 0 Å². The van der Waals surface area contributed by atoms with E-state index in [9.17, 15) is 0 Å². The molecule has 0 aliphatic carbocycles. The minimum Gasteiger partial charge on any atom is -0.327 e. The number of thiophene rings is 1. The lowest BCUT2D eigenvalue weighted by atomic mass is 10.2. The summed E-state index contributed by atoms with van der Waals surface area (Å²) in [6, 6.07) is 8.12. The Morgan fingerprint density at radius 3 is 2.96 bits per heavy atom. The van der Waals surface area contributed by atoms with Gasteiger partial charge in [0.25, 0.3) is 5.95 Å². The molecular formula is C16H13BrN6S. The number of fused-ring (bicyclic) bond motifs is 3. The first kappa shape index (κ1) is 15.2. The molecule has 24 heavy (non-hydrogen) atoms. The molecule has 1 N–H and O–H groups in total. The normalized spacial score (nSPS) is 11.8. The van der Waals surface area contributed by atoms with Crippen molar-refractivity contribution in [1.29, 1.82) is 0 Å². The summed E-state index contributed by atoms with van der Waals surface area (Å²) in [5.74, 6) is 0.373. The molecule has 120 valence electrons. The van der Waals surface area contributed by atoms with Gasteiger partial charge in [-0.25, -0.2) is 5.43 Å². The van der Waals surface area contributed by atoms with Gasteiger partial charge >= 0.3 is 0 Å². The third-order valence-corrected chi connectivity index (χ3v) is 5.26. The van der Waals surface area contributed by atoms with E-state index in [4.69, 9.17) is 0 Å². The molecule has 4 rings (SSSR count). The van der Waals surface area contributed by atoms with Crippen LogP contribution in [-0.4, -0.2) is 26.0 Å². The molecule has 3 aromatic heterocycles. The van der Waals surface area contributed by atoms with Crippen molar-refractivity contribution in [3.63, 3.8) is 0 Å². The van der Waals surface area contributed by atoms with E-state index in [0.29, 0.717) is 5.95 Å². The minimum absolute atomic E-state index is 0.373. The lowest BCUT2D eigenvalue weighted by Crippen LogP contribution is -2.00. The van der Waals surface area contributed by atoms with Gasteiger partial charge in [0.1, 0.15) is 5.52 Å². The Morgan fingerprint density at radius 1 is 1.29 bits per heavy atom. The molecule has 0 saturated heterocycles. The van der Waals surface area contributed by atoms with Crippen molar-refractivity contribution in [1.82, 2.24) is 19.7 Å². The molecule has 1 aromatic carbocycles. The highest BCUT2D eigenvalue weighted by molar-refractivity contribution is 9.10. The molecule has 0 fully saturated rings. The van der Waals surface area contributed by atoms with Crippen LogP contribution in [0.3, 0.4) is 0 Å². The van der Waals surface area contributed by atoms with Gasteiger partial charge in [0, 0.05) is 21.8 Å². The Hall–Kier alpha value is -2.32. The largest absolute Gasteiger partial charge is 0.327 e. The van der Waals surface area contributed by atoms with E-state index < -0.39 is 0 Å². The monoisotopic (exact) mass is 400 g/mol. The number of hydrogen-bond donors (Lipinski definition) is 1. The molecule has 3 heterocycles. The zero-order valence-electron chi connectivity index (χ0n) is 13.0. The molecule has 0 bridgehead atoms. The van der Waals surface area contributed by atoms with Gasteiger partial charge in [-0.1, -0.05) is 15.9 Å². The quantitative estimate of drug-likeness (QED) is 0.415. The van der Waals surface area contributed by atoms with Gasteiger partial charge in [0.2, 0.25) is 0 Å². The maximum absolute atomic E-state index is 4.54. The van der Waals surface area contributed by atoms with Crippen molar-refractivity contribution in [3.8, 4) is 0 Å². The number of hydrazone groups is 1. The van der Waals surface area contributed by atoms with Crippen LogP contribution in [0.4, 0.5) is 5.95 Å². The molecule has 0 unspecified atom stereocenters. The first-order valence-corrected chi connectivity index (χ1v) is 8.92. The van der Waals surface area contributed by atoms with Crippen LogP contribution in [0.5, 0.6) is 0 Å². The zero-order chi connectivity index (χ0) is 16.7. The molecule has 4 aromatic rings. The number of nitrogens with zero attached hydrogens (tertiary/aromatic N) is 5. The van der Waals surface area contributed by atoms with Crippen LogP contribution >= 0.6 is 27.3 Å². The lowest BCUT2D eigenvalue weighted by molar-refractivity contribution is 0.949. The van der Waals surface area contributed by atoms with Crippen LogP contribution in [0, 0.1) is 6.92 Å². The summed E-state index contributed by atoms with van der Waals surface area (Å²) < 4.78 is 3.01. The molecule has 8 heteroatoms. The van der Waals surface area contributed by atoms with Gasteiger partial charge in [0.05, 0.1) is 11.7 Å². The second kappa shape index (κ2) is 5.95. The molecule has 0 aliphatic heterocycles. The topological polar surface area (TPSA) is 68.0 Å². The second-order valence-corrected chi connectivity index (χ2v) is 7.23. The Labute approximate surface area is 150 Å². The van der Waals surface area contributed by atoms with Crippen molar-refractivity contribution in [2.45, 2.75) is 6.92 Å². The smallest absolute Gasteiger partial charge is 0.265 e. The minimum atomic E-state index is 0.373. The number of nitrogens with one attached hydrogen (secondary N) is 1. The Bertz CT molecular complexity index is 1080. The number of halogens is 1.